The Balaban J connectivity index is 1.56. The number of carbonyl (C=O) groups excluding carboxylic acids is 2. The molecule has 1 aromatic rings. The summed E-state index contributed by atoms with van der Waals surface area (Å²) < 4.78 is 11.1. The van der Waals surface area contributed by atoms with Gasteiger partial charge < -0.3 is 29.3 Å². The predicted octanol–water partition coefficient (Wildman–Crippen LogP) is 3.11. The van der Waals surface area contributed by atoms with Crippen molar-refractivity contribution >= 4 is 17.8 Å². The largest absolute Gasteiger partial charge is 0.481 e. The van der Waals surface area contributed by atoms with Crippen LogP contribution in [-0.2, 0) is 14.4 Å². The van der Waals surface area contributed by atoms with Crippen LogP contribution in [0.15, 0.2) is 18.2 Å². The number of fused-ring (bicyclic) bond motifs is 1. The van der Waals surface area contributed by atoms with E-state index < -0.39 is 11.9 Å². The van der Waals surface area contributed by atoms with Gasteiger partial charge in [0.15, 0.2) is 11.5 Å². The first-order valence-electron chi connectivity index (χ1n) is 15.1. The Kier molecular flexibility index (Phi) is 10.2. The quantitative estimate of drug-likeness (QED) is 0.363. The first-order chi connectivity index (χ1) is 19.5. The molecule has 0 saturated carbocycles. The van der Waals surface area contributed by atoms with Crippen molar-refractivity contribution < 1.29 is 29.0 Å². The zero-order chi connectivity index (χ0) is 29.7. The molecule has 1 aromatic carbocycles. The molecule has 4 rings (SSSR count). The summed E-state index contributed by atoms with van der Waals surface area (Å²) in [6.45, 7) is 10.5. The third-order valence-corrected chi connectivity index (χ3v) is 8.66. The molecule has 0 aromatic heterocycles. The molecule has 3 aliphatic heterocycles. The van der Waals surface area contributed by atoms with Crippen LogP contribution >= 0.6 is 0 Å². The number of unbranched alkanes of at least 4 members (excludes halogenated alkanes) is 1. The van der Waals surface area contributed by atoms with Gasteiger partial charge in [-0.15, -0.1) is 0 Å². The van der Waals surface area contributed by atoms with E-state index in [9.17, 15) is 19.5 Å². The summed E-state index contributed by atoms with van der Waals surface area (Å²) in [5.74, 6) is -0.488. The van der Waals surface area contributed by atoms with Gasteiger partial charge in [-0.1, -0.05) is 33.3 Å². The number of carbonyl (C=O) groups is 3. The van der Waals surface area contributed by atoms with E-state index in [1.807, 2.05) is 42.1 Å². The molecule has 228 valence electrons. The highest BCUT2D eigenvalue weighted by atomic mass is 16.7. The molecule has 1 N–H and O–H groups in total. The molecule has 10 nitrogen and oxygen atoms in total. The van der Waals surface area contributed by atoms with Crippen molar-refractivity contribution in [1.29, 1.82) is 0 Å². The van der Waals surface area contributed by atoms with Gasteiger partial charge in [0.05, 0.1) is 12.5 Å². The number of hydrogen-bond acceptors (Lipinski definition) is 7. The number of aliphatic carboxylic acids is 1. The number of likely N-dealkylation sites (tertiary alicyclic amines) is 2. The zero-order valence-electron chi connectivity index (χ0n) is 25.4. The van der Waals surface area contributed by atoms with E-state index in [1.165, 1.54) is 0 Å². The SMILES string of the molecule is CCCCN(CCCN(C)C)C(=O)CN1C[C@H](c2ccc3c(c2)OCO3)[C@@H](C(=O)O)[C@@H]1CCN1CC(C)(C)CC1=O. The highest BCUT2D eigenvalue weighted by molar-refractivity contribution is 5.80. The van der Waals surface area contributed by atoms with Crippen LogP contribution in [0.5, 0.6) is 11.5 Å². The summed E-state index contributed by atoms with van der Waals surface area (Å²) in [5.41, 5.74) is 0.782. The van der Waals surface area contributed by atoms with Gasteiger partial charge in [0.1, 0.15) is 0 Å². The van der Waals surface area contributed by atoms with Gasteiger partial charge in [0.25, 0.3) is 0 Å². The average Bonchev–Trinajstić information content (AvgIpc) is 3.58. The van der Waals surface area contributed by atoms with Crippen LogP contribution in [0.3, 0.4) is 0 Å². The maximum Gasteiger partial charge on any atom is 0.308 e. The van der Waals surface area contributed by atoms with Gasteiger partial charge >= 0.3 is 5.97 Å². The first-order valence-corrected chi connectivity index (χ1v) is 15.1. The molecule has 41 heavy (non-hydrogen) atoms. The van der Waals surface area contributed by atoms with Crippen molar-refractivity contribution in [2.24, 2.45) is 11.3 Å². The zero-order valence-corrected chi connectivity index (χ0v) is 25.4. The standard InChI is InChI=1S/C31H48N4O6/c1-6-7-13-33(14-8-12-32(4)5)28(37)19-35-18-23(22-9-10-25-26(16-22)41-21-40-25)29(30(38)39)24(35)11-15-34-20-31(2,3)17-27(34)36/h9-10,16,23-24,29H,6-8,11-15,17-21H2,1-5H3,(H,38,39)/t23-,24+,29-/m1/s1. The van der Waals surface area contributed by atoms with Gasteiger partial charge in [0, 0.05) is 51.1 Å². The third-order valence-electron chi connectivity index (χ3n) is 8.66. The van der Waals surface area contributed by atoms with Gasteiger partial charge in [0.2, 0.25) is 18.6 Å². The van der Waals surface area contributed by atoms with Crippen molar-refractivity contribution in [3.8, 4) is 11.5 Å². The fourth-order valence-electron chi connectivity index (χ4n) is 6.57. The van der Waals surface area contributed by atoms with Crippen LogP contribution in [0, 0.1) is 11.3 Å². The number of carboxylic acid groups (broad SMARTS) is 1. The van der Waals surface area contributed by atoms with E-state index in [2.05, 4.69) is 30.6 Å². The molecular weight excluding hydrogens is 524 g/mol. The number of carboxylic acids is 1. The predicted molar refractivity (Wildman–Crippen MR) is 156 cm³/mol. The highest BCUT2D eigenvalue weighted by Crippen LogP contribution is 2.43. The number of benzene rings is 1. The molecule has 3 atom stereocenters. The van der Waals surface area contributed by atoms with Crippen molar-refractivity contribution in [2.45, 2.75) is 64.8 Å². The lowest BCUT2D eigenvalue weighted by Crippen LogP contribution is -2.46. The Bertz CT molecular complexity index is 1090. The second-order valence-electron chi connectivity index (χ2n) is 12.9. The fraction of sp³-hybridized carbons (Fsp3) is 0.710. The fourth-order valence-corrected chi connectivity index (χ4v) is 6.57. The van der Waals surface area contributed by atoms with E-state index in [1.54, 1.807) is 0 Å². The van der Waals surface area contributed by atoms with Gasteiger partial charge in [-0.3, -0.25) is 19.3 Å². The Morgan fingerprint density at radius 1 is 1.10 bits per heavy atom. The molecular formula is C31H48N4O6. The number of rotatable bonds is 14. The van der Waals surface area contributed by atoms with Gasteiger partial charge in [-0.25, -0.2) is 0 Å². The lowest BCUT2D eigenvalue weighted by atomic mass is 9.84. The summed E-state index contributed by atoms with van der Waals surface area (Å²) in [4.78, 5) is 47.3. The minimum Gasteiger partial charge on any atom is -0.481 e. The summed E-state index contributed by atoms with van der Waals surface area (Å²) in [5, 5.41) is 10.5. The normalized spacial score (nSPS) is 23.5. The van der Waals surface area contributed by atoms with E-state index in [0.29, 0.717) is 57.1 Å². The molecule has 0 spiro atoms. The molecule has 2 saturated heterocycles. The molecule has 10 heteroatoms. The molecule has 0 aliphatic carbocycles. The summed E-state index contributed by atoms with van der Waals surface area (Å²) in [6.07, 6.45) is 3.82. The van der Waals surface area contributed by atoms with Crippen molar-refractivity contribution in [3.63, 3.8) is 0 Å². The molecule has 0 unspecified atom stereocenters. The first kappa shape index (κ1) is 31.1. The topological polar surface area (TPSA) is 103 Å². The van der Waals surface area contributed by atoms with Crippen molar-refractivity contribution in [1.82, 2.24) is 19.6 Å². The lowest BCUT2D eigenvalue weighted by molar-refractivity contribution is -0.144. The Hall–Kier alpha value is -2.85. The minimum atomic E-state index is -0.880. The average molecular weight is 573 g/mol. The van der Waals surface area contributed by atoms with Crippen LogP contribution in [0.1, 0.15) is 64.4 Å². The molecule has 2 amide bonds. The number of ether oxygens (including phenoxy) is 2. The van der Waals surface area contributed by atoms with Crippen LogP contribution in [0.2, 0.25) is 0 Å². The minimum absolute atomic E-state index is 0.0380. The highest BCUT2D eigenvalue weighted by Gasteiger charge is 2.48. The maximum absolute atomic E-state index is 13.7. The Morgan fingerprint density at radius 3 is 2.49 bits per heavy atom. The van der Waals surface area contributed by atoms with Crippen molar-refractivity contribution in [2.75, 3.05) is 66.7 Å². The van der Waals surface area contributed by atoms with Gasteiger partial charge in [-0.2, -0.15) is 0 Å². The monoisotopic (exact) mass is 572 g/mol. The number of amides is 2. The smallest absolute Gasteiger partial charge is 0.308 e. The maximum atomic E-state index is 13.7. The molecule has 0 radical (unpaired) electrons. The molecule has 3 heterocycles. The van der Waals surface area contributed by atoms with E-state index >= 15 is 0 Å². The molecule has 0 bridgehead atoms. The van der Waals surface area contributed by atoms with E-state index in [-0.39, 0.29) is 42.5 Å². The Labute approximate surface area is 244 Å². The lowest BCUT2D eigenvalue weighted by Gasteiger charge is -2.31. The molecule has 3 aliphatic rings. The van der Waals surface area contributed by atoms with Gasteiger partial charge in [-0.05, 0) is 63.0 Å². The molecule has 2 fully saturated rings. The van der Waals surface area contributed by atoms with Crippen LogP contribution in [0.4, 0.5) is 0 Å². The summed E-state index contributed by atoms with van der Waals surface area (Å²) in [6, 6.07) is 5.25. The third kappa shape index (κ3) is 7.71. The second-order valence-corrected chi connectivity index (χ2v) is 12.9. The second kappa shape index (κ2) is 13.4. The number of nitrogens with zero attached hydrogens (tertiary/aromatic N) is 4. The summed E-state index contributed by atoms with van der Waals surface area (Å²) >= 11 is 0. The van der Waals surface area contributed by atoms with Crippen LogP contribution in [-0.4, -0.2) is 115 Å². The van der Waals surface area contributed by atoms with E-state index in [4.69, 9.17) is 9.47 Å². The summed E-state index contributed by atoms with van der Waals surface area (Å²) in [7, 11) is 4.06. The van der Waals surface area contributed by atoms with E-state index in [0.717, 1.165) is 31.4 Å². The van der Waals surface area contributed by atoms with Crippen LogP contribution in [0.25, 0.3) is 0 Å². The number of hydrogen-bond donors (Lipinski definition) is 1. The van der Waals surface area contributed by atoms with Crippen LogP contribution < -0.4 is 9.47 Å². The van der Waals surface area contributed by atoms with Crippen molar-refractivity contribution in [3.05, 3.63) is 23.8 Å². The Morgan fingerprint density at radius 2 is 1.83 bits per heavy atom.